The van der Waals surface area contributed by atoms with Crippen molar-refractivity contribution in [1.29, 1.82) is 0 Å². The smallest absolute Gasteiger partial charge is 0.305 e. The van der Waals surface area contributed by atoms with E-state index in [0.29, 0.717) is 18.7 Å². The van der Waals surface area contributed by atoms with E-state index in [2.05, 4.69) is 13.8 Å². The minimum absolute atomic E-state index is 0.219. The number of carboxylic acids is 1. The molecule has 0 radical (unpaired) electrons. The SMILES string of the molecule is CC.CCC.COc1ccc(CCN2C(=S)N(c3ccc(F)cc3)C(=O)C2CC(=O)O)cc1. The lowest BCUT2D eigenvalue weighted by molar-refractivity contribution is -0.139. The molecule has 1 heterocycles. The molecule has 0 saturated carbocycles. The number of aliphatic carboxylic acids is 1. The normalized spacial score (nSPS) is 14.8. The van der Waals surface area contributed by atoms with Crippen LogP contribution in [0.2, 0.25) is 0 Å². The number of carbonyl (C=O) groups is 2. The van der Waals surface area contributed by atoms with Crippen LogP contribution in [-0.2, 0) is 16.0 Å². The predicted molar refractivity (Wildman–Crippen MR) is 133 cm³/mol. The largest absolute Gasteiger partial charge is 0.497 e. The zero-order valence-electron chi connectivity index (χ0n) is 19.9. The van der Waals surface area contributed by atoms with Crippen molar-refractivity contribution in [3.8, 4) is 5.75 Å². The molecule has 6 nitrogen and oxygen atoms in total. The molecule has 0 bridgehead atoms. The van der Waals surface area contributed by atoms with Gasteiger partial charge in [-0.3, -0.25) is 14.5 Å². The maximum absolute atomic E-state index is 13.2. The van der Waals surface area contributed by atoms with Crippen LogP contribution in [0.1, 0.15) is 46.1 Å². The second-order valence-corrected chi connectivity index (χ2v) is 7.41. The van der Waals surface area contributed by atoms with Gasteiger partial charge in [0.15, 0.2) is 5.11 Å². The van der Waals surface area contributed by atoms with Crippen LogP contribution < -0.4 is 9.64 Å². The quantitative estimate of drug-likeness (QED) is 0.547. The molecular formula is C25H33FN2O4S. The maximum Gasteiger partial charge on any atom is 0.305 e. The van der Waals surface area contributed by atoms with Gasteiger partial charge in [0.2, 0.25) is 0 Å². The average molecular weight is 477 g/mol. The number of methoxy groups -OCH3 is 1. The fourth-order valence-electron chi connectivity index (χ4n) is 3.12. The summed E-state index contributed by atoms with van der Waals surface area (Å²) in [5.41, 5.74) is 1.42. The zero-order valence-corrected chi connectivity index (χ0v) is 20.7. The average Bonchev–Trinajstić information content (AvgIpc) is 3.04. The maximum atomic E-state index is 13.2. The standard InChI is InChI=1S/C20H19FN2O4S.C3H8.C2H6/c1-27-16-8-2-13(3-9-16)10-11-22-17(12-18(24)25)19(26)23(20(22)28)15-6-4-14(21)5-7-15;1-3-2;1-2/h2-9,17H,10-12H2,1H3,(H,24,25);3H2,1-2H3;1-2H3. The third kappa shape index (κ3) is 7.82. The number of carboxylic acid groups (broad SMARTS) is 1. The van der Waals surface area contributed by atoms with Crippen molar-refractivity contribution in [1.82, 2.24) is 4.90 Å². The van der Waals surface area contributed by atoms with Gasteiger partial charge >= 0.3 is 5.97 Å². The summed E-state index contributed by atoms with van der Waals surface area (Å²) in [7, 11) is 1.59. The van der Waals surface area contributed by atoms with E-state index in [9.17, 15) is 19.1 Å². The number of ether oxygens (including phenoxy) is 1. The molecule has 1 fully saturated rings. The molecule has 3 rings (SSSR count). The van der Waals surface area contributed by atoms with Crippen molar-refractivity contribution >= 4 is 34.9 Å². The number of rotatable bonds is 7. The number of amides is 1. The first-order valence-electron chi connectivity index (χ1n) is 11.1. The van der Waals surface area contributed by atoms with Crippen LogP contribution in [0.25, 0.3) is 0 Å². The van der Waals surface area contributed by atoms with Crippen molar-refractivity contribution in [3.05, 3.63) is 59.9 Å². The summed E-state index contributed by atoms with van der Waals surface area (Å²) in [6, 6.07) is 12.0. The molecule has 33 heavy (non-hydrogen) atoms. The van der Waals surface area contributed by atoms with Crippen LogP contribution in [0, 0.1) is 5.82 Å². The molecular weight excluding hydrogens is 443 g/mol. The molecule has 2 aromatic carbocycles. The first kappa shape index (κ1) is 28.0. The van der Waals surface area contributed by atoms with Gasteiger partial charge in [0.25, 0.3) is 5.91 Å². The van der Waals surface area contributed by atoms with Gasteiger partial charge in [0.05, 0.1) is 19.2 Å². The molecule has 1 atom stereocenters. The third-order valence-electron chi connectivity index (χ3n) is 4.57. The second kappa shape index (κ2) is 14.2. The van der Waals surface area contributed by atoms with E-state index < -0.39 is 23.7 Å². The Morgan fingerprint density at radius 1 is 1.09 bits per heavy atom. The second-order valence-electron chi connectivity index (χ2n) is 7.04. The molecule has 0 spiro atoms. The third-order valence-corrected chi connectivity index (χ3v) is 4.99. The number of thiocarbonyl (C=S) groups is 1. The van der Waals surface area contributed by atoms with Crippen molar-refractivity contribution in [2.24, 2.45) is 0 Å². The van der Waals surface area contributed by atoms with Crippen molar-refractivity contribution in [2.45, 2.75) is 53.0 Å². The number of carbonyl (C=O) groups excluding carboxylic acids is 1. The van der Waals surface area contributed by atoms with Gasteiger partial charge < -0.3 is 14.7 Å². The summed E-state index contributed by atoms with van der Waals surface area (Å²) in [5, 5.41) is 9.45. The highest BCUT2D eigenvalue weighted by Crippen LogP contribution is 2.27. The van der Waals surface area contributed by atoms with E-state index in [0.717, 1.165) is 11.3 Å². The lowest BCUT2D eigenvalue weighted by atomic mass is 10.1. The summed E-state index contributed by atoms with van der Waals surface area (Å²) in [4.78, 5) is 27.0. The highest BCUT2D eigenvalue weighted by atomic mass is 32.1. The summed E-state index contributed by atoms with van der Waals surface area (Å²) in [5.74, 6) is -1.20. The first-order chi connectivity index (χ1) is 15.8. The number of anilines is 1. The molecule has 8 heteroatoms. The van der Waals surface area contributed by atoms with Crippen LogP contribution in [0.5, 0.6) is 5.75 Å². The Morgan fingerprint density at radius 3 is 2.12 bits per heavy atom. The van der Waals surface area contributed by atoms with Crippen LogP contribution in [0.3, 0.4) is 0 Å². The van der Waals surface area contributed by atoms with Crippen molar-refractivity contribution < 1.29 is 23.8 Å². The van der Waals surface area contributed by atoms with Gasteiger partial charge in [-0.1, -0.05) is 46.2 Å². The number of nitrogens with zero attached hydrogens (tertiary/aromatic N) is 2. The van der Waals surface area contributed by atoms with Crippen molar-refractivity contribution in [3.63, 3.8) is 0 Å². The highest BCUT2D eigenvalue weighted by molar-refractivity contribution is 7.80. The molecule has 1 saturated heterocycles. The minimum Gasteiger partial charge on any atom is -0.497 e. The fourth-order valence-corrected chi connectivity index (χ4v) is 3.54. The predicted octanol–water partition coefficient (Wildman–Crippen LogP) is 5.30. The highest BCUT2D eigenvalue weighted by Gasteiger charge is 2.43. The Labute approximate surface area is 201 Å². The molecule has 0 aromatic heterocycles. The van der Waals surface area contributed by atoms with Crippen LogP contribution in [0.15, 0.2) is 48.5 Å². The van der Waals surface area contributed by atoms with E-state index in [1.165, 1.54) is 35.6 Å². The fraction of sp³-hybridized carbons (Fsp3) is 0.400. The lowest BCUT2D eigenvalue weighted by Gasteiger charge is -2.23. The summed E-state index contributed by atoms with van der Waals surface area (Å²) < 4.78 is 18.4. The van der Waals surface area contributed by atoms with Gasteiger partial charge in [-0.15, -0.1) is 0 Å². The van der Waals surface area contributed by atoms with Gasteiger partial charge in [-0.2, -0.15) is 0 Å². The van der Waals surface area contributed by atoms with Crippen molar-refractivity contribution in [2.75, 3.05) is 18.6 Å². The first-order valence-corrected chi connectivity index (χ1v) is 11.5. The molecule has 2 aromatic rings. The zero-order chi connectivity index (χ0) is 25.0. The van der Waals surface area contributed by atoms with E-state index in [-0.39, 0.29) is 11.5 Å². The number of halogens is 1. The lowest BCUT2D eigenvalue weighted by Crippen LogP contribution is -2.38. The Kier molecular flexibility index (Phi) is 12.1. The Hall–Kier alpha value is -3.00. The molecule has 0 aliphatic carbocycles. The Balaban J connectivity index is 0.00000101. The number of benzene rings is 2. The van der Waals surface area contributed by atoms with E-state index in [4.69, 9.17) is 17.0 Å². The molecule has 1 aliphatic heterocycles. The van der Waals surface area contributed by atoms with Gasteiger partial charge in [-0.05, 0) is 60.6 Å². The summed E-state index contributed by atoms with van der Waals surface area (Å²) >= 11 is 5.46. The van der Waals surface area contributed by atoms with E-state index in [1.807, 2.05) is 38.1 Å². The van der Waals surface area contributed by atoms with E-state index >= 15 is 0 Å². The van der Waals surface area contributed by atoms with Gasteiger partial charge in [-0.25, -0.2) is 4.39 Å². The monoisotopic (exact) mass is 476 g/mol. The van der Waals surface area contributed by atoms with Crippen LogP contribution >= 0.6 is 12.2 Å². The summed E-state index contributed by atoms with van der Waals surface area (Å²) in [6.07, 6.45) is 1.46. The van der Waals surface area contributed by atoms with Crippen LogP contribution in [0.4, 0.5) is 10.1 Å². The topological polar surface area (TPSA) is 70.1 Å². The summed E-state index contributed by atoms with van der Waals surface area (Å²) in [6.45, 7) is 8.63. The van der Waals surface area contributed by atoms with Gasteiger partial charge in [0, 0.05) is 6.54 Å². The molecule has 1 amide bonds. The van der Waals surface area contributed by atoms with E-state index in [1.54, 1.807) is 12.0 Å². The number of hydrogen-bond donors (Lipinski definition) is 1. The van der Waals surface area contributed by atoms with Gasteiger partial charge in [0.1, 0.15) is 17.6 Å². The minimum atomic E-state index is -1.09. The Bertz CT molecular complexity index is 904. The Morgan fingerprint density at radius 2 is 1.64 bits per heavy atom. The molecule has 180 valence electrons. The molecule has 1 aliphatic rings. The molecule has 1 N–H and O–H groups in total. The molecule has 1 unspecified atom stereocenters. The van der Waals surface area contributed by atoms with Crippen LogP contribution in [-0.4, -0.2) is 46.7 Å². The number of hydrogen-bond acceptors (Lipinski definition) is 4.